The van der Waals surface area contributed by atoms with Crippen molar-refractivity contribution in [1.82, 2.24) is 4.90 Å². The monoisotopic (exact) mass is 420 g/mol. The van der Waals surface area contributed by atoms with Gasteiger partial charge in [0.15, 0.2) is 0 Å². The molecule has 0 aliphatic carbocycles. The van der Waals surface area contributed by atoms with Crippen molar-refractivity contribution in [2.75, 3.05) is 23.7 Å². The maximum atomic E-state index is 12.7. The summed E-state index contributed by atoms with van der Waals surface area (Å²) in [4.78, 5) is 14.6. The Labute approximate surface area is 172 Å². The first-order valence-corrected chi connectivity index (χ1v) is 11.6. The molecule has 3 rings (SSSR count). The number of nitrogens with zero attached hydrogens (tertiary/aromatic N) is 2. The Morgan fingerprint density at radius 1 is 1.14 bits per heavy atom. The molecule has 5 nitrogen and oxygen atoms in total. The van der Waals surface area contributed by atoms with Crippen molar-refractivity contribution < 1.29 is 13.2 Å². The highest BCUT2D eigenvalue weighted by Crippen LogP contribution is 2.24. The smallest absolute Gasteiger partial charge is 0.253 e. The van der Waals surface area contributed by atoms with Gasteiger partial charge in [0, 0.05) is 23.7 Å². The van der Waals surface area contributed by atoms with Crippen LogP contribution in [0.25, 0.3) is 0 Å². The molecule has 0 saturated carbocycles. The Balaban J connectivity index is 1.80. The van der Waals surface area contributed by atoms with Crippen molar-refractivity contribution in [3.8, 4) is 0 Å². The van der Waals surface area contributed by atoms with Gasteiger partial charge in [-0.05, 0) is 60.7 Å². The van der Waals surface area contributed by atoms with Crippen LogP contribution in [-0.2, 0) is 16.6 Å². The van der Waals surface area contributed by atoms with Gasteiger partial charge in [-0.1, -0.05) is 30.7 Å². The second kappa shape index (κ2) is 8.53. The highest BCUT2D eigenvalue weighted by atomic mass is 35.5. The van der Waals surface area contributed by atoms with Crippen LogP contribution in [0.3, 0.4) is 0 Å². The summed E-state index contributed by atoms with van der Waals surface area (Å²) in [6, 6.07) is 13.9. The summed E-state index contributed by atoms with van der Waals surface area (Å²) in [6.45, 7) is 3.90. The minimum atomic E-state index is -3.48. The highest BCUT2D eigenvalue weighted by Gasteiger charge is 2.23. The highest BCUT2D eigenvalue weighted by molar-refractivity contribution is 7.92. The first kappa shape index (κ1) is 20.7. The van der Waals surface area contributed by atoms with Crippen molar-refractivity contribution in [1.29, 1.82) is 0 Å². The summed E-state index contributed by atoms with van der Waals surface area (Å²) in [5.41, 5.74) is 1.94. The number of likely N-dealkylation sites (tertiary alicyclic amines) is 1. The van der Waals surface area contributed by atoms with Crippen LogP contribution in [0.1, 0.15) is 35.7 Å². The summed E-state index contributed by atoms with van der Waals surface area (Å²) in [5.74, 6) is 0.513. The molecule has 1 atom stereocenters. The van der Waals surface area contributed by atoms with Crippen LogP contribution in [0.5, 0.6) is 0 Å². The third kappa shape index (κ3) is 5.06. The van der Waals surface area contributed by atoms with Gasteiger partial charge in [0.1, 0.15) is 0 Å². The molecular weight excluding hydrogens is 396 g/mol. The lowest BCUT2D eigenvalue weighted by molar-refractivity contribution is 0.0683. The molecule has 2 aromatic carbocycles. The molecule has 150 valence electrons. The van der Waals surface area contributed by atoms with Gasteiger partial charge in [-0.3, -0.25) is 9.10 Å². The molecule has 0 aromatic heterocycles. The molecule has 0 spiro atoms. The fraction of sp³-hybridized carbons (Fsp3) is 0.381. The van der Waals surface area contributed by atoms with Gasteiger partial charge in [-0.25, -0.2) is 8.42 Å². The van der Waals surface area contributed by atoms with Gasteiger partial charge in [0.2, 0.25) is 10.0 Å². The Hall–Kier alpha value is -2.05. The zero-order chi connectivity index (χ0) is 20.3. The van der Waals surface area contributed by atoms with Crippen LogP contribution in [-0.4, -0.2) is 38.6 Å². The van der Waals surface area contributed by atoms with E-state index in [2.05, 4.69) is 6.92 Å². The van der Waals surface area contributed by atoms with Crippen LogP contribution < -0.4 is 4.31 Å². The lowest BCUT2D eigenvalue weighted by atomic mass is 9.99. The Morgan fingerprint density at radius 3 is 2.36 bits per heavy atom. The standard InChI is InChI=1S/C21H25ClN2O3S/c1-16-4-3-13-23(14-16)21(25)18-7-11-20(12-8-18)24(28(2,26)27)15-17-5-9-19(22)10-6-17/h5-12,16H,3-4,13-15H2,1-2H3/t16-/m1/s1. The molecule has 1 heterocycles. The van der Waals surface area contributed by atoms with E-state index in [0.29, 0.717) is 22.2 Å². The maximum Gasteiger partial charge on any atom is 0.253 e. The SMILES string of the molecule is C[C@@H]1CCCN(C(=O)c2ccc(N(Cc3ccc(Cl)cc3)S(C)(=O)=O)cc2)C1. The van der Waals surface area contributed by atoms with Crippen LogP contribution in [0.4, 0.5) is 5.69 Å². The number of halogens is 1. The van der Waals surface area contributed by atoms with Gasteiger partial charge in [-0.2, -0.15) is 0 Å². The van der Waals surface area contributed by atoms with E-state index in [9.17, 15) is 13.2 Å². The largest absolute Gasteiger partial charge is 0.338 e. The van der Waals surface area contributed by atoms with Crippen LogP contribution in [0.2, 0.25) is 5.02 Å². The van der Waals surface area contributed by atoms with Gasteiger partial charge >= 0.3 is 0 Å². The number of benzene rings is 2. The number of carbonyl (C=O) groups is 1. The zero-order valence-corrected chi connectivity index (χ0v) is 17.7. The summed E-state index contributed by atoms with van der Waals surface area (Å²) in [5, 5.41) is 0.601. The third-order valence-corrected chi connectivity index (χ3v) is 6.38. The Kier molecular flexibility index (Phi) is 6.30. The van der Waals surface area contributed by atoms with Crippen molar-refractivity contribution in [2.24, 2.45) is 5.92 Å². The number of hydrogen-bond acceptors (Lipinski definition) is 3. The van der Waals surface area contributed by atoms with Gasteiger partial charge in [0.25, 0.3) is 5.91 Å². The number of amides is 1. The average Bonchev–Trinajstić information content (AvgIpc) is 2.66. The van der Waals surface area contributed by atoms with E-state index >= 15 is 0 Å². The first-order valence-electron chi connectivity index (χ1n) is 9.35. The molecule has 0 radical (unpaired) electrons. The Morgan fingerprint density at radius 2 is 1.79 bits per heavy atom. The molecule has 1 fully saturated rings. The predicted molar refractivity (Wildman–Crippen MR) is 113 cm³/mol. The summed E-state index contributed by atoms with van der Waals surface area (Å²) in [6.07, 6.45) is 3.35. The molecule has 0 unspecified atom stereocenters. The number of piperidine rings is 1. The van der Waals surface area contributed by atoms with Gasteiger partial charge < -0.3 is 4.90 Å². The van der Waals surface area contributed by atoms with Crippen LogP contribution in [0, 0.1) is 5.92 Å². The van der Waals surface area contributed by atoms with E-state index in [0.717, 1.165) is 31.5 Å². The van der Waals surface area contributed by atoms with Crippen molar-refractivity contribution >= 4 is 33.2 Å². The molecule has 0 N–H and O–H groups in total. The molecular formula is C21H25ClN2O3S. The van der Waals surface area contributed by atoms with Crippen LogP contribution >= 0.6 is 11.6 Å². The van der Waals surface area contributed by atoms with Gasteiger partial charge in [-0.15, -0.1) is 0 Å². The van der Waals surface area contributed by atoms with E-state index in [4.69, 9.17) is 11.6 Å². The molecule has 1 saturated heterocycles. The first-order chi connectivity index (χ1) is 13.2. The van der Waals surface area contributed by atoms with Crippen molar-refractivity contribution in [3.63, 3.8) is 0 Å². The molecule has 1 amide bonds. The number of rotatable bonds is 5. The zero-order valence-electron chi connectivity index (χ0n) is 16.1. The molecule has 0 bridgehead atoms. The normalized spacial score (nSPS) is 17.4. The Bertz CT molecular complexity index is 927. The molecule has 1 aliphatic heterocycles. The number of anilines is 1. The summed E-state index contributed by atoms with van der Waals surface area (Å²) >= 11 is 5.91. The number of sulfonamides is 1. The topological polar surface area (TPSA) is 57.7 Å². The van der Waals surface area contributed by atoms with E-state index in [1.807, 2.05) is 4.90 Å². The minimum Gasteiger partial charge on any atom is -0.338 e. The maximum absolute atomic E-state index is 12.7. The molecule has 28 heavy (non-hydrogen) atoms. The van der Waals surface area contributed by atoms with Crippen molar-refractivity contribution in [3.05, 3.63) is 64.7 Å². The molecule has 2 aromatic rings. The van der Waals surface area contributed by atoms with E-state index < -0.39 is 10.0 Å². The fourth-order valence-electron chi connectivity index (χ4n) is 3.48. The van der Waals surface area contributed by atoms with Gasteiger partial charge in [0.05, 0.1) is 18.5 Å². The third-order valence-electron chi connectivity index (χ3n) is 4.99. The number of carbonyl (C=O) groups excluding carboxylic acids is 1. The second-order valence-electron chi connectivity index (χ2n) is 7.44. The second-order valence-corrected chi connectivity index (χ2v) is 9.78. The molecule has 1 aliphatic rings. The summed E-state index contributed by atoms with van der Waals surface area (Å²) in [7, 11) is -3.48. The van der Waals surface area contributed by atoms with E-state index in [1.165, 1.54) is 10.6 Å². The lowest BCUT2D eigenvalue weighted by Gasteiger charge is -2.31. The average molecular weight is 421 g/mol. The molecule has 7 heteroatoms. The predicted octanol–water partition coefficient (Wildman–Crippen LogP) is 4.18. The van der Waals surface area contributed by atoms with Crippen molar-refractivity contribution in [2.45, 2.75) is 26.3 Å². The quantitative estimate of drug-likeness (QED) is 0.729. The van der Waals surface area contributed by atoms with E-state index in [-0.39, 0.29) is 12.5 Å². The summed E-state index contributed by atoms with van der Waals surface area (Å²) < 4.78 is 26.0. The fourth-order valence-corrected chi connectivity index (χ4v) is 4.50. The minimum absolute atomic E-state index is 0.00158. The van der Waals surface area contributed by atoms with Crippen LogP contribution in [0.15, 0.2) is 48.5 Å². The van der Waals surface area contributed by atoms with E-state index in [1.54, 1.807) is 48.5 Å². The lowest BCUT2D eigenvalue weighted by Crippen LogP contribution is -2.39. The number of hydrogen-bond donors (Lipinski definition) is 0.